The molecule has 130 valence electrons. The molecule has 2 amide bonds. The molecule has 0 fully saturated rings. The average Bonchev–Trinajstić information content (AvgIpc) is 2.21. The maximum atomic E-state index is 12.1. The molecule has 0 heterocycles. The number of ether oxygens (including phenoxy) is 1. The number of methoxy groups -OCH3 is 1. The zero-order chi connectivity index (χ0) is 17.6. The number of amides is 2. The average molecular weight is 314 g/mol. The van der Waals surface area contributed by atoms with Gasteiger partial charge in [0.15, 0.2) is 0 Å². The SMILES string of the molecule is COC[C@@](C)(CNC(=O)CC(C)(C)C)NC(=O)CC(C)(C)C. The van der Waals surface area contributed by atoms with Crippen LogP contribution in [0.5, 0.6) is 0 Å². The van der Waals surface area contributed by atoms with Crippen LogP contribution in [0.4, 0.5) is 0 Å². The Hall–Kier alpha value is -1.10. The van der Waals surface area contributed by atoms with Crippen LogP contribution in [0.15, 0.2) is 0 Å². The second kappa shape index (κ2) is 7.95. The van der Waals surface area contributed by atoms with Gasteiger partial charge in [-0.3, -0.25) is 9.59 Å². The Morgan fingerprint density at radius 1 is 0.864 bits per heavy atom. The number of hydrogen-bond acceptors (Lipinski definition) is 3. The van der Waals surface area contributed by atoms with Gasteiger partial charge in [-0.25, -0.2) is 0 Å². The molecule has 0 aliphatic rings. The van der Waals surface area contributed by atoms with Crippen molar-refractivity contribution in [2.75, 3.05) is 20.3 Å². The summed E-state index contributed by atoms with van der Waals surface area (Å²) in [5.41, 5.74) is -0.741. The van der Waals surface area contributed by atoms with Crippen LogP contribution in [0.2, 0.25) is 0 Å². The second-order valence-electron chi connectivity index (χ2n) is 8.79. The van der Waals surface area contributed by atoms with Crippen molar-refractivity contribution in [1.29, 1.82) is 0 Å². The van der Waals surface area contributed by atoms with E-state index in [0.717, 1.165) is 0 Å². The first kappa shape index (κ1) is 20.9. The van der Waals surface area contributed by atoms with E-state index in [1.807, 2.05) is 48.5 Å². The summed E-state index contributed by atoms with van der Waals surface area (Å²) in [4.78, 5) is 24.1. The summed E-state index contributed by atoms with van der Waals surface area (Å²) in [5.74, 6) is -0.0444. The van der Waals surface area contributed by atoms with Gasteiger partial charge in [-0.05, 0) is 17.8 Å². The van der Waals surface area contributed by atoms with Crippen molar-refractivity contribution in [1.82, 2.24) is 10.6 Å². The van der Waals surface area contributed by atoms with Gasteiger partial charge in [0.05, 0.1) is 12.1 Å². The summed E-state index contributed by atoms with van der Waals surface area (Å²) in [6.45, 7) is 14.7. The standard InChI is InChI=1S/C17H34N2O3/c1-15(2,3)9-13(20)18-11-17(7,12-22-8)19-14(21)10-16(4,5)6/h9-12H2,1-8H3,(H,18,20)(H,19,21)/t17-/m1/s1. The summed E-state index contributed by atoms with van der Waals surface area (Å²) >= 11 is 0. The molecule has 0 spiro atoms. The van der Waals surface area contributed by atoms with Crippen molar-refractivity contribution in [2.45, 2.75) is 66.8 Å². The molecule has 22 heavy (non-hydrogen) atoms. The molecule has 1 atom stereocenters. The minimum Gasteiger partial charge on any atom is -0.382 e. The molecule has 0 unspecified atom stereocenters. The summed E-state index contributed by atoms with van der Waals surface area (Å²) in [6.07, 6.45) is 0.883. The fourth-order valence-corrected chi connectivity index (χ4v) is 2.15. The highest BCUT2D eigenvalue weighted by Crippen LogP contribution is 2.19. The highest BCUT2D eigenvalue weighted by molar-refractivity contribution is 5.78. The largest absolute Gasteiger partial charge is 0.382 e. The molecule has 0 rings (SSSR count). The Morgan fingerprint density at radius 2 is 1.32 bits per heavy atom. The van der Waals surface area contributed by atoms with Crippen LogP contribution >= 0.6 is 0 Å². The van der Waals surface area contributed by atoms with Gasteiger partial charge >= 0.3 is 0 Å². The minimum absolute atomic E-state index is 0.0140. The van der Waals surface area contributed by atoms with E-state index in [1.54, 1.807) is 7.11 Å². The summed E-state index contributed by atoms with van der Waals surface area (Å²) < 4.78 is 5.21. The van der Waals surface area contributed by atoms with Crippen molar-refractivity contribution in [3.05, 3.63) is 0 Å². The summed E-state index contributed by atoms with van der Waals surface area (Å²) in [6, 6.07) is 0. The molecule has 0 aromatic carbocycles. The molecule has 5 nitrogen and oxygen atoms in total. The highest BCUT2D eigenvalue weighted by Gasteiger charge is 2.29. The monoisotopic (exact) mass is 314 g/mol. The summed E-state index contributed by atoms with van der Waals surface area (Å²) in [7, 11) is 1.59. The van der Waals surface area contributed by atoms with E-state index >= 15 is 0 Å². The zero-order valence-electron chi connectivity index (χ0n) is 15.6. The van der Waals surface area contributed by atoms with Gasteiger partial charge in [-0.1, -0.05) is 41.5 Å². The second-order valence-corrected chi connectivity index (χ2v) is 8.79. The molecule has 0 aliphatic heterocycles. The maximum Gasteiger partial charge on any atom is 0.221 e. The van der Waals surface area contributed by atoms with Crippen LogP contribution < -0.4 is 10.6 Å². The lowest BCUT2D eigenvalue weighted by molar-refractivity contribution is -0.127. The third kappa shape index (κ3) is 10.6. The Bertz CT molecular complexity index is 380. The molecule has 0 aromatic heterocycles. The van der Waals surface area contributed by atoms with Crippen LogP contribution in [0.25, 0.3) is 0 Å². The van der Waals surface area contributed by atoms with Crippen molar-refractivity contribution in [3.63, 3.8) is 0 Å². The predicted octanol–water partition coefficient (Wildman–Crippen LogP) is 2.50. The van der Waals surface area contributed by atoms with E-state index in [1.165, 1.54) is 0 Å². The van der Waals surface area contributed by atoms with E-state index in [4.69, 9.17) is 4.74 Å². The van der Waals surface area contributed by atoms with Gasteiger partial charge in [0, 0.05) is 26.5 Å². The predicted molar refractivity (Wildman–Crippen MR) is 89.6 cm³/mol. The quantitative estimate of drug-likeness (QED) is 0.758. The van der Waals surface area contributed by atoms with E-state index < -0.39 is 5.54 Å². The van der Waals surface area contributed by atoms with Crippen LogP contribution in [0.1, 0.15) is 61.3 Å². The molecule has 0 saturated heterocycles. The van der Waals surface area contributed by atoms with Gasteiger partial charge in [-0.15, -0.1) is 0 Å². The van der Waals surface area contributed by atoms with Crippen LogP contribution in [0.3, 0.4) is 0 Å². The third-order valence-corrected chi connectivity index (χ3v) is 2.96. The molecular formula is C17H34N2O3. The van der Waals surface area contributed by atoms with E-state index in [2.05, 4.69) is 10.6 Å². The topological polar surface area (TPSA) is 67.4 Å². The minimum atomic E-state index is -0.607. The maximum absolute atomic E-state index is 12.1. The molecule has 5 heteroatoms. The first-order valence-corrected chi connectivity index (χ1v) is 7.83. The molecule has 0 bridgehead atoms. The molecule has 0 saturated carbocycles. The van der Waals surface area contributed by atoms with Crippen molar-refractivity contribution < 1.29 is 14.3 Å². The van der Waals surface area contributed by atoms with Crippen LogP contribution in [-0.2, 0) is 14.3 Å². The molecule has 0 radical (unpaired) electrons. The van der Waals surface area contributed by atoms with Gasteiger partial charge in [0.2, 0.25) is 11.8 Å². The first-order valence-electron chi connectivity index (χ1n) is 7.83. The fourth-order valence-electron chi connectivity index (χ4n) is 2.15. The molecule has 0 aliphatic carbocycles. The van der Waals surface area contributed by atoms with E-state index in [0.29, 0.717) is 26.0 Å². The number of hydrogen-bond donors (Lipinski definition) is 2. The zero-order valence-corrected chi connectivity index (χ0v) is 15.6. The van der Waals surface area contributed by atoms with Gasteiger partial charge in [0.1, 0.15) is 0 Å². The van der Waals surface area contributed by atoms with Crippen LogP contribution in [0, 0.1) is 10.8 Å². The number of rotatable bonds is 7. The van der Waals surface area contributed by atoms with Crippen molar-refractivity contribution in [3.8, 4) is 0 Å². The third-order valence-electron chi connectivity index (χ3n) is 2.96. The lowest BCUT2D eigenvalue weighted by atomic mass is 9.90. The number of carbonyl (C=O) groups is 2. The fraction of sp³-hybridized carbons (Fsp3) is 0.882. The van der Waals surface area contributed by atoms with Crippen LogP contribution in [-0.4, -0.2) is 37.6 Å². The lowest BCUT2D eigenvalue weighted by Gasteiger charge is -2.32. The van der Waals surface area contributed by atoms with Gasteiger partial charge in [-0.2, -0.15) is 0 Å². The lowest BCUT2D eigenvalue weighted by Crippen LogP contribution is -2.57. The number of carbonyl (C=O) groups excluding carboxylic acids is 2. The molecule has 0 aromatic rings. The van der Waals surface area contributed by atoms with Gasteiger partial charge in [0.25, 0.3) is 0 Å². The number of nitrogens with one attached hydrogen (secondary N) is 2. The normalized spacial score (nSPS) is 15.1. The summed E-state index contributed by atoms with van der Waals surface area (Å²) in [5, 5.41) is 5.89. The highest BCUT2D eigenvalue weighted by atomic mass is 16.5. The first-order chi connectivity index (χ1) is 9.76. The van der Waals surface area contributed by atoms with Gasteiger partial charge < -0.3 is 15.4 Å². The Labute approximate surface area is 135 Å². The van der Waals surface area contributed by atoms with Crippen molar-refractivity contribution in [2.24, 2.45) is 10.8 Å². The Kier molecular flexibility index (Phi) is 7.55. The smallest absolute Gasteiger partial charge is 0.221 e. The van der Waals surface area contributed by atoms with E-state index in [-0.39, 0.29) is 22.6 Å². The van der Waals surface area contributed by atoms with Crippen molar-refractivity contribution >= 4 is 11.8 Å². The Morgan fingerprint density at radius 3 is 1.73 bits per heavy atom. The molecule has 2 N–H and O–H groups in total. The molecular weight excluding hydrogens is 280 g/mol. The Balaban J connectivity index is 4.62. The van der Waals surface area contributed by atoms with E-state index in [9.17, 15) is 9.59 Å².